The number of carboxylic acids is 1. The molecular weight excluding hydrogens is 254 g/mol. The van der Waals surface area contributed by atoms with Gasteiger partial charge >= 0.3 is 12.0 Å². The number of imide groups is 1. The summed E-state index contributed by atoms with van der Waals surface area (Å²) < 4.78 is 4.72. The zero-order valence-corrected chi connectivity index (χ0v) is 10.6. The van der Waals surface area contributed by atoms with Crippen molar-refractivity contribution in [2.24, 2.45) is 0 Å². The van der Waals surface area contributed by atoms with Gasteiger partial charge in [-0.1, -0.05) is 5.16 Å². The SMILES string of the molecule is CC(C(=O)O)=C(C)C(=O)NC(=O)Nc1cc(C)no1. The van der Waals surface area contributed by atoms with E-state index in [1.165, 1.54) is 19.9 Å². The lowest BCUT2D eigenvalue weighted by Gasteiger charge is -2.05. The van der Waals surface area contributed by atoms with Crippen LogP contribution in [0.15, 0.2) is 21.7 Å². The molecule has 8 heteroatoms. The van der Waals surface area contributed by atoms with Crippen molar-refractivity contribution in [3.05, 3.63) is 22.9 Å². The van der Waals surface area contributed by atoms with Gasteiger partial charge in [-0.3, -0.25) is 15.4 Å². The van der Waals surface area contributed by atoms with Crippen molar-refractivity contribution in [1.82, 2.24) is 10.5 Å². The van der Waals surface area contributed by atoms with Gasteiger partial charge in [0.2, 0.25) is 5.88 Å². The number of aromatic nitrogens is 1. The molecule has 0 saturated heterocycles. The molecule has 0 fully saturated rings. The summed E-state index contributed by atoms with van der Waals surface area (Å²) >= 11 is 0. The van der Waals surface area contributed by atoms with Gasteiger partial charge in [-0.15, -0.1) is 0 Å². The summed E-state index contributed by atoms with van der Waals surface area (Å²) in [6.45, 7) is 4.25. The van der Waals surface area contributed by atoms with Crippen LogP contribution in [0.3, 0.4) is 0 Å². The first-order valence-electron chi connectivity index (χ1n) is 5.27. The molecule has 0 aromatic carbocycles. The maximum absolute atomic E-state index is 11.6. The van der Waals surface area contributed by atoms with Crippen LogP contribution >= 0.6 is 0 Å². The van der Waals surface area contributed by atoms with Crippen molar-refractivity contribution < 1.29 is 24.0 Å². The fourth-order valence-corrected chi connectivity index (χ4v) is 1.09. The van der Waals surface area contributed by atoms with Crippen LogP contribution in [0.5, 0.6) is 0 Å². The van der Waals surface area contributed by atoms with E-state index in [-0.39, 0.29) is 17.0 Å². The molecule has 0 saturated carbocycles. The van der Waals surface area contributed by atoms with Crippen molar-refractivity contribution in [3.8, 4) is 0 Å². The number of nitrogens with one attached hydrogen (secondary N) is 2. The quantitative estimate of drug-likeness (QED) is 0.704. The van der Waals surface area contributed by atoms with E-state index in [1.807, 2.05) is 5.32 Å². The lowest BCUT2D eigenvalue weighted by atomic mass is 10.1. The number of aliphatic carboxylic acids is 1. The average Bonchev–Trinajstić information content (AvgIpc) is 2.72. The van der Waals surface area contributed by atoms with E-state index in [0.29, 0.717) is 5.69 Å². The molecule has 0 spiro atoms. The number of amides is 3. The summed E-state index contributed by atoms with van der Waals surface area (Å²) in [5.41, 5.74) is 0.372. The van der Waals surface area contributed by atoms with Crippen LogP contribution in [-0.2, 0) is 9.59 Å². The second-order valence-electron chi connectivity index (χ2n) is 3.80. The molecule has 1 aromatic heterocycles. The van der Waals surface area contributed by atoms with Gasteiger partial charge in [-0.25, -0.2) is 9.59 Å². The Balaban J connectivity index is 2.65. The fraction of sp³-hybridized carbons (Fsp3) is 0.273. The van der Waals surface area contributed by atoms with E-state index in [2.05, 4.69) is 10.5 Å². The molecule has 0 bridgehead atoms. The van der Waals surface area contributed by atoms with Gasteiger partial charge in [-0.05, 0) is 20.8 Å². The molecule has 0 unspecified atom stereocenters. The minimum absolute atomic E-state index is 0.0589. The molecule has 0 aliphatic carbocycles. The summed E-state index contributed by atoms with van der Waals surface area (Å²) in [5.74, 6) is -1.94. The normalized spacial score (nSPS) is 11.5. The molecule has 0 atom stereocenters. The van der Waals surface area contributed by atoms with E-state index in [1.54, 1.807) is 6.92 Å². The molecule has 19 heavy (non-hydrogen) atoms. The van der Waals surface area contributed by atoms with Crippen LogP contribution < -0.4 is 10.6 Å². The van der Waals surface area contributed by atoms with Gasteiger partial charge in [-0.2, -0.15) is 0 Å². The molecule has 0 aliphatic heterocycles. The van der Waals surface area contributed by atoms with E-state index in [4.69, 9.17) is 9.63 Å². The number of anilines is 1. The smallest absolute Gasteiger partial charge is 0.331 e. The second-order valence-corrected chi connectivity index (χ2v) is 3.80. The Labute approximate surface area is 108 Å². The highest BCUT2D eigenvalue weighted by Gasteiger charge is 2.16. The molecule has 0 aliphatic rings. The number of aryl methyl sites for hydroxylation is 1. The Morgan fingerprint density at radius 2 is 1.89 bits per heavy atom. The van der Waals surface area contributed by atoms with Gasteiger partial charge in [0.15, 0.2) is 0 Å². The molecule has 1 heterocycles. The number of carbonyl (C=O) groups is 3. The first-order chi connectivity index (χ1) is 8.81. The van der Waals surface area contributed by atoms with E-state index in [0.717, 1.165) is 0 Å². The minimum Gasteiger partial charge on any atom is -0.478 e. The van der Waals surface area contributed by atoms with Gasteiger partial charge < -0.3 is 9.63 Å². The minimum atomic E-state index is -1.22. The van der Waals surface area contributed by atoms with Crippen molar-refractivity contribution in [2.75, 3.05) is 5.32 Å². The third kappa shape index (κ3) is 3.95. The zero-order valence-electron chi connectivity index (χ0n) is 10.6. The predicted molar refractivity (Wildman–Crippen MR) is 64.4 cm³/mol. The van der Waals surface area contributed by atoms with Crippen LogP contribution in [-0.4, -0.2) is 28.2 Å². The Kier molecular flexibility index (Phi) is 4.41. The Morgan fingerprint density at radius 3 is 2.37 bits per heavy atom. The lowest BCUT2D eigenvalue weighted by Crippen LogP contribution is -2.35. The summed E-state index contributed by atoms with van der Waals surface area (Å²) in [7, 11) is 0. The number of nitrogens with zero attached hydrogens (tertiary/aromatic N) is 1. The van der Waals surface area contributed by atoms with E-state index >= 15 is 0 Å². The Bertz CT molecular complexity index is 558. The van der Waals surface area contributed by atoms with Gasteiger partial charge in [0, 0.05) is 17.2 Å². The van der Waals surface area contributed by atoms with E-state index in [9.17, 15) is 14.4 Å². The van der Waals surface area contributed by atoms with Crippen LogP contribution in [0.4, 0.5) is 10.7 Å². The van der Waals surface area contributed by atoms with Gasteiger partial charge in [0.25, 0.3) is 5.91 Å². The first-order valence-corrected chi connectivity index (χ1v) is 5.27. The van der Waals surface area contributed by atoms with Crippen molar-refractivity contribution >= 4 is 23.8 Å². The maximum Gasteiger partial charge on any atom is 0.331 e. The number of hydrogen-bond acceptors (Lipinski definition) is 5. The molecule has 1 rings (SSSR count). The van der Waals surface area contributed by atoms with Crippen molar-refractivity contribution in [3.63, 3.8) is 0 Å². The van der Waals surface area contributed by atoms with Crippen LogP contribution in [0.1, 0.15) is 19.5 Å². The monoisotopic (exact) mass is 267 g/mol. The van der Waals surface area contributed by atoms with Crippen molar-refractivity contribution in [1.29, 1.82) is 0 Å². The fourth-order valence-electron chi connectivity index (χ4n) is 1.09. The summed E-state index contributed by atoms with van der Waals surface area (Å²) in [4.78, 5) is 33.6. The number of hydrogen-bond donors (Lipinski definition) is 3. The Hall–Kier alpha value is -2.64. The molecular formula is C11H13N3O5. The number of rotatable bonds is 3. The maximum atomic E-state index is 11.6. The summed E-state index contributed by atoms with van der Waals surface area (Å²) in [6.07, 6.45) is 0. The summed E-state index contributed by atoms with van der Waals surface area (Å²) in [5, 5.41) is 16.5. The highest BCUT2D eigenvalue weighted by molar-refractivity contribution is 6.09. The van der Waals surface area contributed by atoms with Crippen LogP contribution in [0, 0.1) is 6.92 Å². The third-order valence-corrected chi connectivity index (χ3v) is 2.32. The first kappa shape index (κ1) is 14.4. The topological polar surface area (TPSA) is 122 Å². The molecule has 102 valence electrons. The highest BCUT2D eigenvalue weighted by Crippen LogP contribution is 2.08. The second kappa shape index (κ2) is 5.80. The number of carboxylic acid groups (broad SMARTS) is 1. The molecule has 3 amide bonds. The molecule has 8 nitrogen and oxygen atoms in total. The van der Waals surface area contributed by atoms with Crippen molar-refractivity contribution in [2.45, 2.75) is 20.8 Å². The number of urea groups is 1. The van der Waals surface area contributed by atoms with Crippen LogP contribution in [0.25, 0.3) is 0 Å². The molecule has 3 N–H and O–H groups in total. The predicted octanol–water partition coefficient (Wildman–Crippen LogP) is 1.05. The average molecular weight is 267 g/mol. The third-order valence-electron chi connectivity index (χ3n) is 2.32. The van der Waals surface area contributed by atoms with Gasteiger partial charge in [0.1, 0.15) is 0 Å². The molecule has 0 radical (unpaired) electrons. The van der Waals surface area contributed by atoms with E-state index < -0.39 is 17.9 Å². The largest absolute Gasteiger partial charge is 0.478 e. The summed E-state index contributed by atoms with van der Waals surface area (Å²) in [6, 6.07) is 0.633. The zero-order chi connectivity index (χ0) is 14.6. The molecule has 1 aromatic rings. The standard InChI is InChI=1S/C11H13N3O5/c1-5-4-8(19-14-5)12-11(18)13-9(15)6(2)7(3)10(16)17/h4H,1-3H3,(H,16,17)(H2,12,13,15,18). The highest BCUT2D eigenvalue weighted by atomic mass is 16.5. The Morgan fingerprint density at radius 1 is 1.26 bits per heavy atom. The lowest BCUT2D eigenvalue weighted by molar-refractivity contribution is -0.133. The van der Waals surface area contributed by atoms with Gasteiger partial charge in [0.05, 0.1) is 5.69 Å². The number of carbonyl (C=O) groups excluding carboxylic acids is 2. The van der Waals surface area contributed by atoms with Crippen LogP contribution in [0.2, 0.25) is 0 Å².